The zero-order chi connectivity index (χ0) is 13.0. The van der Waals surface area contributed by atoms with Gasteiger partial charge in [-0.15, -0.1) is 0 Å². The molecule has 1 aromatic carbocycles. The fraction of sp³-hybridized carbons (Fsp3) is 0.571. The fourth-order valence-electron chi connectivity index (χ4n) is 2.29. The van der Waals surface area contributed by atoms with Crippen molar-refractivity contribution in [3.63, 3.8) is 0 Å². The molecule has 0 spiro atoms. The van der Waals surface area contributed by atoms with Crippen molar-refractivity contribution in [2.75, 3.05) is 13.2 Å². The maximum atomic E-state index is 13.6. The Morgan fingerprint density at radius 2 is 2.06 bits per heavy atom. The Morgan fingerprint density at radius 1 is 1.28 bits per heavy atom. The summed E-state index contributed by atoms with van der Waals surface area (Å²) in [7, 11) is 0. The second-order valence-electron chi connectivity index (χ2n) is 4.87. The highest BCUT2D eigenvalue weighted by molar-refractivity contribution is 5.18. The molecule has 18 heavy (non-hydrogen) atoms. The third-order valence-corrected chi connectivity index (χ3v) is 3.58. The molecule has 0 radical (unpaired) electrons. The topological polar surface area (TPSA) is 23.5 Å². The summed E-state index contributed by atoms with van der Waals surface area (Å²) < 4.78 is 26.4. The Morgan fingerprint density at radius 3 is 2.61 bits per heavy atom. The van der Waals surface area contributed by atoms with E-state index in [1.165, 1.54) is 18.6 Å². The molecule has 0 atom stereocenters. The van der Waals surface area contributed by atoms with Gasteiger partial charge in [-0.05, 0) is 25.3 Å². The lowest BCUT2D eigenvalue weighted by Crippen LogP contribution is -2.40. The van der Waals surface area contributed by atoms with Crippen molar-refractivity contribution in [3.8, 4) is 0 Å². The van der Waals surface area contributed by atoms with E-state index in [0.717, 1.165) is 25.5 Å². The van der Waals surface area contributed by atoms with Gasteiger partial charge in [-0.1, -0.05) is 12.5 Å². The molecule has 100 valence electrons. The molecule has 1 aromatic rings. The monoisotopic (exact) mass is 255 g/mol. The lowest BCUT2D eigenvalue weighted by atomic mass is 9.91. The highest BCUT2D eigenvalue weighted by Gasteiger charge is 2.25. The SMILES string of the molecule is OCCCN(Cc1ccc(F)cc1F)C1CCC1. The van der Waals surface area contributed by atoms with Gasteiger partial charge in [0.05, 0.1) is 0 Å². The standard InChI is InChI=1S/C14H19F2NO/c15-12-6-5-11(14(16)9-12)10-17(7-2-8-18)13-3-1-4-13/h5-6,9,13,18H,1-4,7-8,10H2. The average molecular weight is 255 g/mol. The van der Waals surface area contributed by atoms with E-state index in [0.29, 0.717) is 24.6 Å². The van der Waals surface area contributed by atoms with Crippen LogP contribution in [0.3, 0.4) is 0 Å². The molecular weight excluding hydrogens is 236 g/mol. The van der Waals surface area contributed by atoms with Gasteiger partial charge >= 0.3 is 0 Å². The number of halogens is 2. The van der Waals surface area contributed by atoms with E-state index in [-0.39, 0.29) is 6.61 Å². The van der Waals surface area contributed by atoms with Crippen LogP contribution in [0, 0.1) is 11.6 Å². The lowest BCUT2D eigenvalue weighted by Gasteiger charge is -2.37. The predicted molar refractivity (Wildman–Crippen MR) is 66.1 cm³/mol. The number of rotatable bonds is 6. The molecule has 0 amide bonds. The van der Waals surface area contributed by atoms with Crippen LogP contribution >= 0.6 is 0 Å². The molecule has 1 N–H and O–H groups in total. The van der Waals surface area contributed by atoms with E-state index < -0.39 is 11.6 Å². The van der Waals surface area contributed by atoms with Gasteiger partial charge in [-0.25, -0.2) is 8.78 Å². The van der Waals surface area contributed by atoms with Gasteiger partial charge in [-0.3, -0.25) is 4.90 Å². The minimum Gasteiger partial charge on any atom is -0.396 e. The summed E-state index contributed by atoms with van der Waals surface area (Å²) in [4.78, 5) is 2.19. The second-order valence-corrected chi connectivity index (χ2v) is 4.87. The molecule has 0 saturated heterocycles. The summed E-state index contributed by atoms with van der Waals surface area (Å²) in [5.41, 5.74) is 0.529. The molecule has 2 nitrogen and oxygen atoms in total. The van der Waals surface area contributed by atoms with Gasteiger partial charge < -0.3 is 5.11 Å². The van der Waals surface area contributed by atoms with Crippen LogP contribution in [0.1, 0.15) is 31.2 Å². The number of benzene rings is 1. The van der Waals surface area contributed by atoms with Gasteiger partial charge in [0.25, 0.3) is 0 Å². The molecule has 0 aliphatic heterocycles. The molecule has 1 saturated carbocycles. The van der Waals surface area contributed by atoms with Crippen LogP contribution < -0.4 is 0 Å². The lowest BCUT2D eigenvalue weighted by molar-refractivity contribution is 0.108. The molecule has 0 unspecified atom stereocenters. The number of nitrogens with zero attached hydrogens (tertiary/aromatic N) is 1. The van der Waals surface area contributed by atoms with Crippen molar-refractivity contribution in [2.24, 2.45) is 0 Å². The summed E-state index contributed by atoms with van der Waals surface area (Å²) in [6, 6.07) is 4.22. The minimum absolute atomic E-state index is 0.148. The summed E-state index contributed by atoms with van der Waals surface area (Å²) in [5.74, 6) is -1.02. The Hall–Kier alpha value is -1.00. The average Bonchev–Trinajstić information content (AvgIpc) is 2.27. The van der Waals surface area contributed by atoms with Crippen molar-refractivity contribution >= 4 is 0 Å². The van der Waals surface area contributed by atoms with Crippen LogP contribution in [0.25, 0.3) is 0 Å². The molecular formula is C14H19F2NO. The largest absolute Gasteiger partial charge is 0.396 e. The Bertz CT molecular complexity index is 393. The predicted octanol–water partition coefficient (Wildman–Crippen LogP) is 2.70. The summed E-state index contributed by atoms with van der Waals surface area (Å²) in [5, 5.41) is 8.89. The number of aliphatic hydroxyl groups excluding tert-OH is 1. The number of hydrogen-bond acceptors (Lipinski definition) is 2. The first kappa shape index (κ1) is 13.4. The summed E-state index contributed by atoms with van der Waals surface area (Å²) >= 11 is 0. The van der Waals surface area contributed by atoms with Gasteiger partial charge in [-0.2, -0.15) is 0 Å². The quantitative estimate of drug-likeness (QED) is 0.845. The van der Waals surface area contributed by atoms with Crippen LogP contribution in [0.4, 0.5) is 8.78 Å². The Labute approximate surface area is 106 Å². The van der Waals surface area contributed by atoms with Crippen LogP contribution in [0.2, 0.25) is 0 Å². The van der Waals surface area contributed by atoms with Crippen LogP contribution in [0.15, 0.2) is 18.2 Å². The van der Waals surface area contributed by atoms with E-state index in [1.54, 1.807) is 0 Å². The van der Waals surface area contributed by atoms with Crippen molar-refractivity contribution in [1.29, 1.82) is 0 Å². The molecule has 4 heteroatoms. The van der Waals surface area contributed by atoms with Crippen molar-refractivity contribution in [1.82, 2.24) is 4.90 Å². The number of aliphatic hydroxyl groups is 1. The first-order valence-electron chi connectivity index (χ1n) is 6.49. The van der Waals surface area contributed by atoms with E-state index in [4.69, 9.17) is 5.11 Å². The molecule has 1 aliphatic carbocycles. The minimum atomic E-state index is -0.540. The third kappa shape index (κ3) is 3.27. The first-order chi connectivity index (χ1) is 8.70. The third-order valence-electron chi connectivity index (χ3n) is 3.58. The van der Waals surface area contributed by atoms with Crippen molar-refractivity contribution < 1.29 is 13.9 Å². The Kier molecular flexibility index (Phi) is 4.66. The van der Waals surface area contributed by atoms with Gasteiger partial charge in [0.2, 0.25) is 0 Å². The van der Waals surface area contributed by atoms with Crippen molar-refractivity contribution in [3.05, 3.63) is 35.4 Å². The van der Waals surface area contributed by atoms with E-state index >= 15 is 0 Å². The van der Waals surface area contributed by atoms with E-state index in [1.807, 2.05) is 0 Å². The highest BCUT2D eigenvalue weighted by Crippen LogP contribution is 2.27. The van der Waals surface area contributed by atoms with Crippen LogP contribution in [-0.2, 0) is 6.54 Å². The van der Waals surface area contributed by atoms with Gasteiger partial charge in [0.15, 0.2) is 0 Å². The maximum absolute atomic E-state index is 13.6. The van der Waals surface area contributed by atoms with Gasteiger partial charge in [0.1, 0.15) is 11.6 Å². The van der Waals surface area contributed by atoms with E-state index in [2.05, 4.69) is 4.90 Å². The van der Waals surface area contributed by atoms with Crippen LogP contribution in [0.5, 0.6) is 0 Å². The second kappa shape index (κ2) is 6.25. The molecule has 0 aromatic heterocycles. The van der Waals surface area contributed by atoms with Gasteiger partial charge in [0, 0.05) is 37.4 Å². The maximum Gasteiger partial charge on any atom is 0.130 e. The summed E-state index contributed by atoms with van der Waals surface area (Å²) in [6.45, 7) is 1.41. The highest BCUT2D eigenvalue weighted by atomic mass is 19.1. The smallest absolute Gasteiger partial charge is 0.130 e. The van der Waals surface area contributed by atoms with Crippen molar-refractivity contribution in [2.45, 2.75) is 38.3 Å². The molecule has 0 bridgehead atoms. The summed E-state index contributed by atoms with van der Waals surface area (Å²) in [6.07, 6.45) is 4.17. The first-order valence-corrected chi connectivity index (χ1v) is 6.49. The number of hydrogen-bond donors (Lipinski definition) is 1. The van der Waals surface area contributed by atoms with E-state index in [9.17, 15) is 8.78 Å². The molecule has 1 fully saturated rings. The zero-order valence-electron chi connectivity index (χ0n) is 10.4. The zero-order valence-corrected chi connectivity index (χ0v) is 10.4. The fourth-order valence-corrected chi connectivity index (χ4v) is 2.29. The molecule has 2 rings (SSSR count). The van der Waals surface area contributed by atoms with Crippen LogP contribution in [-0.4, -0.2) is 29.2 Å². The molecule has 0 heterocycles. The Balaban J connectivity index is 2.02. The normalized spacial score (nSPS) is 16.0. The molecule has 1 aliphatic rings.